The molecule has 102 valence electrons. The molecule has 1 saturated heterocycles. The molecule has 1 fully saturated rings. The Bertz CT molecular complexity index is 179. The first-order chi connectivity index (χ1) is 8.36. The number of methoxy groups -OCH3 is 1. The quantitative estimate of drug-likeness (QED) is 0.581. The number of nitrogens with one attached hydrogen (secondary N) is 1. The Morgan fingerprint density at radius 1 is 1.35 bits per heavy atom. The first kappa shape index (κ1) is 14.9. The smallest absolute Gasteiger partial charge is 0.0503 e. The maximum atomic E-state index is 5.29. The maximum absolute atomic E-state index is 5.29. The van der Waals surface area contributed by atoms with Gasteiger partial charge in [0.15, 0.2) is 0 Å². The first-order valence-electron chi connectivity index (χ1n) is 6.86. The summed E-state index contributed by atoms with van der Waals surface area (Å²) in [5.41, 5.74) is 0. The minimum atomic E-state index is 0.748. The highest BCUT2D eigenvalue weighted by Crippen LogP contribution is 2.15. The summed E-state index contributed by atoms with van der Waals surface area (Å²) in [6.45, 7) is 10.4. The van der Waals surface area contributed by atoms with Gasteiger partial charge in [0.2, 0.25) is 0 Å². The zero-order valence-corrected chi connectivity index (χ0v) is 11.4. The highest BCUT2D eigenvalue weighted by molar-refractivity contribution is 4.75. The van der Waals surface area contributed by atoms with Crippen LogP contribution in [-0.2, 0) is 9.47 Å². The monoisotopic (exact) mass is 244 g/mol. The Hall–Kier alpha value is -0.160. The van der Waals surface area contributed by atoms with Crippen molar-refractivity contribution in [1.82, 2.24) is 10.2 Å². The number of likely N-dealkylation sites (tertiary alicyclic amines) is 1. The summed E-state index contributed by atoms with van der Waals surface area (Å²) in [4.78, 5) is 2.53. The van der Waals surface area contributed by atoms with Crippen LogP contribution in [0.4, 0.5) is 0 Å². The third kappa shape index (κ3) is 6.99. The normalized spacial score (nSPS) is 21.2. The Morgan fingerprint density at radius 2 is 2.24 bits per heavy atom. The molecule has 0 radical (unpaired) electrons. The van der Waals surface area contributed by atoms with Crippen LogP contribution >= 0.6 is 0 Å². The molecular weight excluding hydrogens is 216 g/mol. The molecule has 1 rings (SSSR count). The summed E-state index contributed by atoms with van der Waals surface area (Å²) < 4.78 is 10.5. The van der Waals surface area contributed by atoms with Crippen molar-refractivity contribution in [3.05, 3.63) is 0 Å². The summed E-state index contributed by atoms with van der Waals surface area (Å²) in [7, 11) is 1.79. The predicted molar refractivity (Wildman–Crippen MR) is 70.4 cm³/mol. The Balaban J connectivity index is 1.87. The summed E-state index contributed by atoms with van der Waals surface area (Å²) in [5.74, 6) is 0.748. The molecule has 1 unspecified atom stereocenters. The summed E-state index contributed by atoms with van der Waals surface area (Å²) in [5, 5.41) is 3.47. The van der Waals surface area contributed by atoms with Gasteiger partial charge in [-0.3, -0.25) is 0 Å². The molecule has 0 aromatic carbocycles. The zero-order valence-electron chi connectivity index (χ0n) is 11.4. The van der Waals surface area contributed by atoms with Crippen molar-refractivity contribution in [2.45, 2.75) is 19.8 Å². The van der Waals surface area contributed by atoms with Gasteiger partial charge in [0.05, 0.1) is 6.61 Å². The van der Waals surface area contributed by atoms with E-state index in [1.54, 1.807) is 7.11 Å². The second-order valence-corrected chi connectivity index (χ2v) is 4.71. The van der Waals surface area contributed by atoms with Crippen molar-refractivity contribution in [3.63, 3.8) is 0 Å². The lowest BCUT2D eigenvalue weighted by Crippen LogP contribution is -2.31. The molecule has 1 heterocycles. The predicted octanol–water partition coefficient (Wildman–Crippen LogP) is 0.971. The molecule has 0 amide bonds. The summed E-state index contributed by atoms with van der Waals surface area (Å²) in [6.07, 6.45) is 2.40. The van der Waals surface area contributed by atoms with Crippen LogP contribution in [0, 0.1) is 5.92 Å². The minimum absolute atomic E-state index is 0.748. The summed E-state index contributed by atoms with van der Waals surface area (Å²) in [6, 6.07) is 0. The zero-order chi connectivity index (χ0) is 12.3. The molecular formula is C13H28N2O2. The molecule has 1 N–H and O–H groups in total. The number of hydrogen-bond acceptors (Lipinski definition) is 4. The van der Waals surface area contributed by atoms with E-state index in [4.69, 9.17) is 9.47 Å². The number of rotatable bonds is 10. The molecule has 0 bridgehead atoms. The van der Waals surface area contributed by atoms with E-state index in [-0.39, 0.29) is 0 Å². The lowest BCUT2D eigenvalue weighted by Gasteiger charge is -2.16. The van der Waals surface area contributed by atoms with Crippen LogP contribution in [-0.4, -0.2) is 64.6 Å². The molecule has 0 aliphatic carbocycles. The highest BCUT2D eigenvalue weighted by Gasteiger charge is 2.21. The van der Waals surface area contributed by atoms with Crippen LogP contribution in [0.2, 0.25) is 0 Å². The summed E-state index contributed by atoms with van der Waals surface area (Å²) >= 11 is 0. The van der Waals surface area contributed by atoms with Gasteiger partial charge in [-0.2, -0.15) is 0 Å². The van der Waals surface area contributed by atoms with E-state index in [0.29, 0.717) is 0 Å². The number of nitrogens with zero attached hydrogens (tertiary/aromatic N) is 1. The van der Waals surface area contributed by atoms with Crippen molar-refractivity contribution < 1.29 is 9.47 Å². The number of ether oxygens (including phenoxy) is 2. The van der Waals surface area contributed by atoms with Crippen molar-refractivity contribution in [1.29, 1.82) is 0 Å². The molecule has 0 aromatic heterocycles. The minimum Gasteiger partial charge on any atom is -0.384 e. The molecule has 4 nitrogen and oxygen atoms in total. The van der Waals surface area contributed by atoms with Crippen LogP contribution in [0.3, 0.4) is 0 Å². The van der Waals surface area contributed by atoms with Gasteiger partial charge in [-0.25, -0.2) is 0 Å². The fourth-order valence-electron chi connectivity index (χ4n) is 2.29. The van der Waals surface area contributed by atoms with Crippen molar-refractivity contribution in [2.75, 3.05) is 59.7 Å². The van der Waals surface area contributed by atoms with E-state index in [9.17, 15) is 0 Å². The van der Waals surface area contributed by atoms with Crippen molar-refractivity contribution >= 4 is 0 Å². The molecule has 1 aliphatic rings. The molecule has 0 saturated carbocycles. The molecule has 1 atom stereocenters. The Kier molecular flexibility index (Phi) is 8.61. The number of hydrogen-bond donors (Lipinski definition) is 1. The van der Waals surface area contributed by atoms with E-state index in [2.05, 4.69) is 10.2 Å². The lowest BCUT2D eigenvalue weighted by molar-refractivity contribution is 0.144. The topological polar surface area (TPSA) is 33.7 Å². The highest BCUT2D eigenvalue weighted by atomic mass is 16.5. The van der Waals surface area contributed by atoms with E-state index >= 15 is 0 Å². The van der Waals surface area contributed by atoms with Crippen LogP contribution in [0.15, 0.2) is 0 Å². The van der Waals surface area contributed by atoms with Gasteiger partial charge in [-0.15, -0.1) is 0 Å². The second kappa shape index (κ2) is 9.83. The third-order valence-electron chi connectivity index (χ3n) is 3.22. The van der Waals surface area contributed by atoms with Crippen LogP contribution in [0.25, 0.3) is 0 Å². The largest absolute Gasteiger partial charge is 0.384 e. The lowest BCUT2D eigenvalue weighted by atomic mass is 10.1. The average Bonchev–Trinajstić information content (AvgIpc) is 2.76. The van der Waals surface area contributed by atoms with Crippen molar-refractivity contribution in [3.8, 4) is 0 Å². The van der Waals surface area contributed by atoms with Gasteiger partial charge < -0.3 is 19.7 Å². The second-order valence-electron chi connectivity index (χ2n) is 4.71. The van der Waals surface area contributed by atoms with E-state index < -0.39 is 0 Å². The van der Waals surface area contributed by atoms with Crippen LogP contribution < -0.4 is 5.32 Å². The van der Waals surface area contributed by atoms with Gasteiger partial charge in [0.1, 0.15) is 0 Å². The first-order valence-corrected chi connectivity index (χ1v) is 6.86. The fourth-order valence-corrected chi connectivity index (χ4v) is 2.29. The van der Waals surface area contributed by atoms with E-state index in [1.807, 2.05) is 6.92 Å². The third-order valence-corrected chi connectivity index (χ3v) is 3.22. The van der Waals surface area contributed by atoms with Crippen LogP contribution in [0.1, 0.15) is 19.8 Å². The molecule has 0 aromatic rings. The molecule has 0 spiro atoms. The van der Waals surface area contributed by atoms with Gasteiger partial charge in [0, 0.05) is 40.0 Å². The van der Waals surface area contributed by atoms with Gasteiger partial charge in [-0.05, 0) is 38.8 Å². The standard InChI is InChI=1S/C13H28N2O2/c1-3-17-10-4-6-14-7-9-15-8-5-13(11-15)12-16-2/h13-14H,3-12H2,1-2H3. The van der Waals surface area contributed by atoms with Gasteiger partial charge in [0.25, 0.3) is 0 Å². The maximum Gasteiger partial charge on any atom is 0.0503 e. The molecule has 4 heteroatoms. The van der Waals surface area contributed by atoms with E-state index in [0.717, 1.165) is 51.8 Å². The van der Waals surface area contributed by atoms with E-state index in [1.165, 1.54) is 19.5 Å². The van der Waals surface area contributed by atoms with Gasteiger partial charge in [-0.1, -0.05) is 0 Å². The van der Waals surface area contributed by atoms with Crippen LogP contribution in [0.5, 0.6) is 0 Å². The molecule has 1 aliphatic heterocycles. The Labute approximate surface area is 106 Å². The van der Waals surface area contributed by atoms with Gasteiger partial charge >= 0.3 is 0 Å². The SMILES string of the molecule is CCOCCCNCCN1CCC(COC)C1. The average molecular weight is 244 g/mol. The fraction of sp³-hybridized carbons (Fsp3) is 1.00. The molecule has 17 heavy (non-hydrogen) atoms. The van der Waals surface area contributed by atoms with Crippen molar-refractivity contribution in [2.24, 2.45) is 5.92 Å². The Morgan fingerprint density at radius 3 is 3.00 bits per heavy atom.